The summed E-state index contributed by atoms with van der Waals surface area (Å²) in [5.74, 6) is 0.0810. The van der Waals surface area contributed by atoms with Crippen molar-refractivity contribution in [2.75, 3.05) is 0 Å². The summed E-state index contributed by atoms with van der Waals surface area (Å²) in [6.45, 7) is 2.52. The molecule has 1 aromatic carbocycles. The quantitative estimate of drug-likeness (QED) is 0.405. The number of aryl methyl sites for hydroxylation is 1. The molecule has 0 aliphatic rings. The van der Waals surface area contributed by atoms with Gasteiger partial charge in [0.15, 0.2) is 0 Å². The van der Waals surface area contributed by atoms with Crippen molar-refractivity contribution in [1.29, 1.82) is 5.41 Å². The molecule has 6 N–H and O–H groups in total. The first kappa shape index (κ1) is 15.9. The Morgan fingerprint density at radius 1 is 1.36 bits per heavy atom. The van der Waals surface area contributed by atoms with Gasteiger partial charge >= 0.3 is 0 Å². The van der Waals surface area contributed by atoms with Crippen LogP contribution in [0.4, 0.5) is 0 Å². The fourth-order valence-electron chi connectivity index (χ4n) is 2.20. The van der Waals surface area contributed by atoms with E-state index in [0.717, 1.165) is 11.1 Å². The van der Waals surface area contributed by atoms with Crippen LogP contribution >= 0.6 is 0 Å². The molecule has 0 spiro atoms. The van der Waals surface area contributed by atoms with Gasteiger partial charge in [-0.3, -0.25) is 10.4 Å². The van der Waals surface area contributed by atoms with Crippen molar-refractivity contribution >= 4 is 5.84 Å². The van der Waals surface area contributed by atoms with Crippen LogP contribution in [0.3, 0.4) is 0 Å². The van der Waals surface area contributed by atoms with E-state index in [1.807, 2.05) is 18.2 Å². The number of hydrogen-bond acceptors (Lipinski definition) is 5. The number of amidine groups is 1. The second-order valence-corrected chi connectivity index (χ2v) is 5.07. The lowest BCUT2D eigenvalue weighted by molar-refractivity contribution is 0.273. The third kappa shape index (κ3) is 3.60. The minimum Gasteiger partial charge on any atom is -0.506 e. The number of nitrogen functional groups attached to an aromatic ring is 1. The molecule has 0 aliphatic carbocycles. The van der Waals surface area contributed by atoms with E-state index in [-0.39, 0.29) is 18.2 Å². The van der Waals surface area contributed by atoms with E-state index in [1.54, 1.807) is 19.2 Å². The number of nitrogens with zero attached hydrogens (tertiary/aromatic N) is 1. The van der Waals surface area contributed by atoms with Gasteiger partial charge in [0, 0.05) is 30.4 Å². The maximum Gasteiger partial charge on any atom is 0.142 e. The summed E-state index contributed by atoms with van der Waals surface area (Å²) in [4.78, 5) is 4.10. The molecule has 0 saturated carbocycles. The van der Waals surface area contributed by atoms with E-state index in [9.17, 15) is 10.2 Å². The summed E-state index contributed by atoms with van der Waals surface area (Å²) in [6, 6.07) is 7.44. The van der Waals surface area contributed by atoms with Crippen molar-refractivity contribution in [1.82, 2.24) is 10.3 Å². The summed E-state index contributed by atoms with van der Waals surface area (Å²) in [7, 11) is 0. The molecule has 22 heavy (non-hydrogen) atoms. The van der Waals surface area contributed by atoms with Crippen LogP contribution in [0.2, 0.25) is 0 Å². The van der Waals surface area contributed by atoms with Crippen molar-refractivity contribution in [3.05, 3.63) is 58.4 Å². The number of aliphatic hydroxyl groups is 1. The van der Waals surface area contributed by atoms with Crippen molar-refractivity contribution in [3.63, 3.8) is 0 Å². The molecule has 1 aromatic heterocycles. The van der Waals surface area contributed by atoms with E-state index in [0.29, 0.717) is 29.9 Å². The minimum atomic E-state index is -0.230. The SMILES string of the molecule is Cc1ncc(CNCc2cccc(C(=N)N)c2)c(CO)c1O. The monoisotopic (exact) mass is 300 g/mol. The Morgan fingerprint density at radius 3 is 2.82 bits per heavy atom. The Kier molecular flexibility index (Phi) is 5.08. The molecule has 1 heterocycles. The zero-order chi connectivity index (χ0) is 16.1. The summed E-state index contributed by atoms with van der Waals surface area (Å²) in [5, 5.41) is 30.0. The molecule has 0 aliphatic heterocycles. The van der Waals surface area contributed by atoms with E-state index in [4.69, 9.17) is 11.1 Å². The normalized spacial score (nSPS) is 10.6. The third-order valence-electron chi connectivity index (χ3n) is 3.47. The summed E-state index contributed by atoms with van der Waals surface area (Å²) in [6.07, 6.45) is 1.65. The molecule has 6 nitrogen and oxygen atoms in total. The zero-order valence-corrected chi connectivity index (χ0v) is 12.4. The summed E-state index contributed by atoms with van der Waals surface area (Å²) < 4.78 is 0. The van der Waals surface area contributed by atoms with Gasteiger partial charge in [-0.25, -0.2) is 0 Å². The molecular weight excluding hydrogens is 280 g/mol. The molecule has 6 heteroatoms. The Morgan fingerprint density at radius 2 is 2.14 bits per heavy atom. The molecule has 2 aromatic rings. The van der Waals surface area contributed by atoms with Gasteiger partial charge in [-0.05, 0) is 24.1 Å². The zero-order valence-electron chi connectivity index (χ0n) is 12.4. The summed E-state index contributed by atoms with van der Waals surface area (Å²) in [5.41, 5.74) is 8.91. The van der Waals surface area contributed by atoms with Crippen LogP contribution in [0.5, 0.6) is 5.75 Å². The topological polar surface area (TPSA) is 115 Å². The highest BCUT2D eigenvalue weighted by Crippen LogP contribution is 2.23. The van der Waals surface area contributed by atoms with Gasteiger partial charge in [-0.2, -0.15) is 0 Å². The van der Waals surface area contributed by atoms with E-state index in [2.05, 4.69) is 10.3 Å². The molecule has 116 valence electrons. The Hall–Kier alpha value is -2.44. The average Bonchev–Trinajstić information content (AvgIpc) is 2.51. The number of aromatic nitrogens is 1. The van der Waals surface area contributed by atoms with Gasteiger partial charge in [-0.1, -0.05) is 18.2 Å². The number of aliphatic hydroxyl groups excluding tert-OH is 1. The van der Waals surface area contributed by atoms with Gasteiger partial charge in [0.2, 0.25) is 0 Å². The maximum absolute atomic E-state index is 9.90. The van der Waals surface area contributed by atoms with Crippen molar-refractivity contribution < 1.29 is 10.2 Å². The van der Waals surface area contributed by atoms with Crippen LogP contribution in [0.25, 0.3) is 0 Å². The first-order chi connectivity index (χ1) is 10.5. The van der Waals surface area contributed by atoms with Crippen LogP contribution in [-0.4, -0.2) is 21.0 Å². The fourth-order valence-corrected chi connectivity index (χ4v) is 2.20. The molecule has 0 bridgehead atoms. The van der Waals surface area contributed by atoms with Gasteiger partial charge in [0.1, 0.15) is 11.6 Å². The molecule has 0 fully saturated rings. The van der Waals surface area contributed by atoms with Crippen molar-refractivity contribution in [2.45, 2.75) is 26.6 Å². The van der Waals surface area contributed by atoms with Crippen LogP contribution in [0.15, 0.2) is 30.5 Å². The van der Waals surface area contributed by atoms with E-state index >= 15 is 0 Å². The lowest BCUT2D eigenvalue weighted by Crippen LogP contribution is -2.16. The van der Waals surface area contributed by atoms with Crippen LogP contribution in [0.1, 0.15) is 27.9 Å². The Balaban J connectivity index is 2.04. The first-order valence-corrected chi connectivity index (χ1v) is 6.94. The van der Waals surface area contributed by atoms with Gasteiger partial charge < -0.3 is 21.3 Å². The molecule has 0 radical (unpaired) electrons. The number of benzene rings is 1. The molecule has 2 rings (SSSR count). The Labute approximate surface area is 129 Å². The second kappa shape index (κ2) is 7.02. The molecule has 0 atom stereocenters. The van der Waals surface area contributed by atoms with Gasteiger partial charge in [-0.15, -0.1) is 0 Å². The first-order valence-electron chi connectivity index (χ1n) is 6.94. The lowest BCUT2D eigenvalue weighted by atomic mass is 10.1. The van der Waals surface area contributed by atoms with Crippen LogP contribution in [0, 0.1) is 12.3 Å². The average molecular weight is 300 g/mol. The number of nitrogens with two attached hydrogens (primary N) is 1. The molecule has 0 saturated heterocycles. The van der Waals surface area contributed by atoms with Crippen molar-refractivity contribution in [2.24, 2.45) is 5.73 Å². The highest BCUT2D eigenvalue weighted by molar-refractivity contribution is 5.95. The number of aromatic hydroxyl groups is 1. The fraction of sp³-hybridized carbons (Fsp3) is 0.250. The number of rotatable bonds is 6. The lowest BCUT2D eigenvalue weighted by Gasteiger charge is -2.12. The number of hydrogen-bond donors (Lipinski definition) is 5. The predicted octanol–water partition coefficient (Wildman–Crippen LogP) is 1.16. The number of pyridine rings is 1. The van der Waals surface area contributed by atoms with Crippen LogP contribution in [-0.2, 0) is 19.7 Å². The van der Waals surface area contributed by atoms with E-state index < -0.39 is 0 Å². The van der Waals surface area contributed by atoms with Gasteiger partial charge in [0.05, 0.1) is 12.3 Å². The van der Waals surface area contributed by atoms with Crippen LogP contribution < -0.4 is 11.1 Å². The predicted molar refractivity (Wildman–Crippen MR) is 84.6 cm³/mol. The standard InChI is InChI=1S/C16H20N4O2/c1-10-15(22)14(9-21)13(8-20-10)7-19-6-11-3-2-4-12(5-11)16(17)18/h2-5,8,19,21-22H,6-7,9H2,1H3,(H3,17,18). The second-order valence-electron chi connectivity index (χ2n) is 5.07. The smallest absolute Gasteiger partial charge is 0.142 e. The molecular formula is C16H20N4O2. The maximum atomic E-state index is 9.90. The largest absolute Gasteiger partial charge is 0.506 e. The summed E-state index contributed by atoms with van der Waals surface area (Å²) >= 11 is 0. The Bertz CT molecular complexity index is 686. The van der Waals surface area contributed by atoms with Gasteiger partial charge in [0.25, 0.3) is 0 Å². The highest BCUT2D eigenvalue weighted by Gasteiger charge is 2.10. The molecule has 0 unspecified atom stereocenters. The van der Waals surface area contributed by atoms with Crippen molar-refractivity contribution in [3.8, 4) is 5.75 Å². The highest BCUT2D eigenvalue weighted by atomic mass is 16.3. The minimum absolute atomic E-state index is 0.0390. The molecule has 0 amide bonds. The third-order valence-corrected chi connectivity index (χ3v) is 3.47. The number of nitrogens with one attached hydrogen (secondary N) is 2. The van der Waals surface area contributed by atoms with E-state index in [1.165, 1.54) is 0 Å².